The van der Waals surface area contributed by atoms with E-state index in [0.717, 1.165) is 26.1 Å². The molecule has 116 valence electrons. The zero-order valence-electron chi connectivity index (χ0n) is 13.4. The first kappa shape index (κ1) is 14.9. The van der Waals surface area contributed by atoms with E-state index in [4.69, 9.17) is 4.74 Å². The van der Waals surface area contributed by atoms with Crippen LogP contribution in [0.1, 0.15) is 37.8 Å². The molecule has 3 heteroatoms. The number of likely N-dealkylation sites (tertiary alicyclic amines) is 1. The van der Waals surface area contributed by atoms with Gasteiger partial charge < -0.3 is 9.84 Å². The number of phenolic OH excluding ortho intramolecular Hbond substituents is 1. The van der Waals surface area contributed by atoms with Crippen LogP contribution in [-0.4, -0.2) is 42.9 Å². The van der Waals surface area contributed by atoms with Gasteiger partial charge in [0.1, 0.15) is 5.75 Å². The molecule has 0 saturated carbocycles. The lowest BCUT2D eigenvalue weighted by molar-refractivity contribution is 0.0842. The molecule has 2 bridgehead atoms. The molecule has 1 saturated heterocycles. The molecule has 1 N–H and O–H groups in total. The van der Waals surface area contributed by atoms with Gasteiger partial charge in [-0.3, -0.25) is 4.90 Å². The van der Waals surface area contributed by atoms with Crippen LogP contribution in [0.25, 0.3) is 0 Å². The van der Waals surface area contributed by atoms with E-state index in [-0.39, 0.29) is 5.41 Å². The molecule has 1 aromatic rings. The molecule has 1 aliphatic heterocycles. The SMILES string of the molecule is COCCN1CCC[C@@]2(C)c3cc(O)ccc3C[C@@H]1[C@@H]2C. The fraction of sp³-hybridized carbons (Fsp3) is 0.667. The van der Waals surface area contributed by atoms with Crippen LogP contribution >= 0.6 is 0 Å². The summed E-state index contributed by atoms with van der Waals surface area (Å²) in [6, 6.07) is 6.56. The third kappa shape index (κ3) is 2.47. The number of hydrogen-bond donors (Lipinski definition) is 1. The largest absolute Gasteiger partial charge is 0.508 e. The summed E-state index contributed by atoms with van der Waals surface area (Å²) in [6.45, 7) is 7.77. The average Bonchev–Trinajstić information content (AvgIpc) is 2.54. The minimum Gasteiger partial charge on any atom is -0.508 e. The molecule has 0 spiro atoms. The van der Waals surface area contributed by atoms with E-state index in [1.807, 2.05) is 12.1 Å². The maximum absolute atomic E-state index is 9.90. The number of fused-ring (bicyclic) bond motifs is 4. The van der Waals surface area contributed by atoms with Crippen molar-refractivity contribution in [3.63, 3.8) is 0 Å². The summed E-state index contributed by atoms with van der Waals surface area (Å²) in [4.78, 5) is 2.62. The number of benzene rings is 1. The number of aromatic hydroxyl groups is 1. The van der Waals surface area contributed by atoms with Crippen molar-refractivity contribution in [3.8, 4) is 5.75 Å². The molecule has 2 aliphatic rings. The molecule has 3 atom stereocenters. The Balaban J connectivity index is 1.99. The summed E-state index contributed by atoms with van der Waals surface area (Å²) in [6.07, 6.45) is 3.51. The van der Waals surface area contributed by atoms with Gasteiger partial charge in [0.15, 0.2) is 0 Å². The third-order valence-electron chi connectivity index (χ3n) is 5.91. The second-order valence-electron chi connectivity index (χ2n) is 6.95. The van der Waals surface area contributed by atoms with Crippen molar-refractivity contribution < 1.29 is 9.84 Å². The van der Waals surface area contributed by atoms with Gasteiger partial charge in [-0.25, -0.2) is 0 Å². The Morgan fingerprint density at radius 1 is 1.43 bits per heavy atom. The molecular formula is C18H27NO2. The monoisotopic (exact) mass is 289 g/mol. The van der Waals surface area contributed by atoms with Gasteiger partial charge in [0.25, 0.3) is 0 Å². The first-order valence-corrected chi connectivity index (χ1v) is 8.11. The van der Waals surface area contributed by atoms with E-state index in [2.05, 4.69) is 24.8 Å². The maximum atomic E-state index is 9.90. The molecule has 0 unspecified atom stereocenters. The molecule has 1 fully saturated rings. The molecule has 0 amide bonds. The minimum atomic E-state index is 0.179. The number of ether oxygens (including phenoxy) is 1. The zero-order chi connectivity index (χ0) is 15.0. The Labute approximate surface area is 127 Å². The molecule has 1 heterocycles. The van der Waals surface area contributed by atoms with Crippen LogP contribution in [-0.2, 0) is 16.6 Å². The summed E-state index contributed by atoms with van der Waals surface area (Å²) >= 11 is 0. The summed E-state index contributed by atoms with van der Waals surface area (Å²) in [5, 5.41) is 9.90. The predicted molar refractivity (Wildman–Crippen MR) is 84.8 cm³/mol. The van der Waals surface area contributed by atoms with Crippen molar-refractivity contribution in [3.05, 3.63) is 29.3 Å². The molecule has 0 radical (unpaired) electrons. The molecule has 3 nitrogen and oxygen atoms in total. The Kier molecular flexibility index (Phi) is 3.98. The van der Waals surface area contributed by atoms with Crippen LogP contribution in [0.3, 0.4) is 0 Å². The number of rotatable bonds is 3. The highest BCUT2D eigenvalue weighted by molar-refractivity contribution is 5.43. The predicted octanol–water partition coefficient (Wildman–Crippen LogP) is 2.95. The van der Waals surface area contributed by atoms with Gasteiger partial charge in [-0.05, 0) is 60.4 Å². The van der Waals surface area contributed by atoms with E-state index >= 15 is 0 Å². The summed E-state index contributed by atoms with van der Waals surface area (Å²) in [5.74, 6) is 1.01. The van der Waals surface area contributed by atoms with Crippen LogP contribution in [0.4, 0.5) is 0 Å². The van der Waals surface area contributed by atoms with Crippen molar-refractivity contribution >= 4 is 0 Å². The summed E-state index contributed by atoms with van der Waals surface area (Å²) in [7, 11) is 1.78. The Morgan fingerprint density at radius 2 is 2.24 bits per heavy atom. The zero-order valence-corrected chi connectivity index (χ0v) is 13.4. The molecule has 3 rings (SSSR count). The summed E-state index contributed by atoms with van der Waals surface area (Å²) in [5.41, 5.74) is 2.97. The number of methoxy groups -OCH3 is 1. The summed E-state index contributed by atoms with van der Waals surface area (Å²) < 4.78 is 5.29. The topological polar surface area (TPSA) is 32.7 Å². The number of hydrogen-bond acceptors (Lipinski definition) is 3. The lowest BCUT2D eigenvalue weighted by Crippen LogP contribution is -2.50. The van der Waals surface area contributed by atoms with E-state index in [1.165, 1.54) is 24.0 Å². The van der Waals surface area contributed by atoms with Crippen molar-refractivity contribution in [2.75, 3.05) is 26.8 Å². The standard InChI is InChI=1S/C18H27NO2/c1-13-17-11-14-5-6-15(20)12-16(14)18(13,2)7-4-8-19(17)9-10-21-3/h5-6,12-13,17,20H,4,7-11H2,1-3H3/t13-,17+,18+/m0/s1. The molecular weight excluding hydrogens is 262 g/mol. The lowest BCUT2D eigenvalue weighted by atomic mass is 9.61. The fourth-order valence-electron chi connectivity index (χ4n) is 4.46. The van der Waals surface area contributed by atoms with Crippen molar-refractivity contribution in [2.45, 2.75) is 44.6 Å². The number of phenols is 1. The number of nitrogens with zero attached hydrogens (tertiary/aromatic N) is 1. The smallest absolute Gasteiger partial charge is 0.115 e. The van der Waals surface area contributed by atoms with Gasteiger partial charge in [-0.1, -0.05) is 19.9 Å². The molecule has 21 heavy (non-hydrogen) atoms. The Morgan fingerprint density at radius 3 is 3.00 bits per heavy atom. The van der Waals surface area contributed by atoms with E-state index in [9.17, 15) is 5.11 Å². The van der Waals surface area contributed by atoms with Gasteiger partial charge in [-0.2, -0.15) is 0 Å². The highest BCUT2D eigenvalue weighted by Gasteiger charge is 2.46. The van der Waals surface area contributed by atoms with E-state index in [0.29, 0.717) is 17.7 Å². The third-order valence-corrected chi connectivity index (χ3v) is 5.91. The maximum Gasteiger partial charge on any atom is 0.115 e. The quantitative estimate of drug-likeness (QED) is 0.928. The van der Waals surface area contributed by atoms with Crippen molar-refractivity contribution in [1.29, 1.82) is 0 Å². The average molecular weight is 289 g/mol. The van der Waals surface area contributed by atoms with Crippen molar-refractivity contribution in [2.24, 2.45) is 5.92 Å². The van der Waals surface area contributed by atoms with Crippen molar-refractivity contribution in [1.82, 2.24) is 4.90 Å². The fourth-order valence-corrected chi connectivity index (χ4v) is 4.46. The van der Waals surface area contributed by atoms with Gasteiger partial charge in [0.05, 0.1) is 6.61 Å². The highest BCUT2D eigenvalue weighted by Crippen LogP contribution is 2.48. The minimum absolute atomic E-state index is 0.179. The normalized spacial score (nSPS) is 32.5. The van der Waals surface area contributed by atoms with Crippen LogP contribution in [0.2, 0.25) is 0 Å². The van der Waals surface area contributed by atoms with Crippen LogP contribution in [0.5, 0.6) is 5.75 Å². The van der Waals surface area contributed by atoms with Crippen LogP contribution in [0, 0.1) is 5.92 Å². The molecule has 1 aromatic carbocycles. The van der Waals surface area contributed by atoms with Gasteiger partial charge in [-0.15, -0.1) is 0 Å². The first-order valence-electron chi connectivity index (χ1n) is 8.11. The van der Waals surface area contributed by atoms with Gasteiger partial charge >= 0.3 is 0 Å². The first-order chi connectivity index (χ1) is 10.1. The molecule has 0 aromatic heterocycles. The van der Waals surface area contributed by atoms with Crippen LogP contribution in [0.15, 0.2) is 18.2 Å². The lowest BCUT2D eigenvalue weighted by Gasteiger charge is -2.47. The molecule has 1 aliphatic carbocycles. The van der Waals surface area contributed by atoms with Gasteiger partial charge in [0.2, 0.25) is 0 Å². The second-order valence-corrected chi connectivity index (χ2v) is 6.95. The van der Waals surface area contributed by atoms with Crippen LogP contribution < -0.4 is 0 Å². The van der Waals surface area contributed by atoms with E-state index < -0.39 is 0 Å². The second kappa shape index (κ2) is 5.62. The highest BCUT2D eigenvalue weighted by atomic mass is 16.5. The van der Waals surface area contributed by atoms with E-state index in [1.54, 1.807) is 7.11 Å². The Bertz CT molecular complexity index is 516. The Hall–Kier alpha value is -1.06. The van der Waals surface area contributed by atoms with Gasteiger partial charge in [0, 0.05) is 19.7 Å².